The van der Waals surface area contributed by atoms with Gasteiger partial charge in [0.2, 0.25) is 5.91 Å². The third-order valence-electron chi connectivity index (χ3n) is 1.44. The first-order valence-corrected chi connectivity index (χ1v) is 2.93. The van der Waals surface area contributed by atoms with Gasteiger partial charge in [0.25, 0.3) is 0 Å². The van der Waals surface area contributed by atoms with Gasteiger partial charge in [-0.05, 0) is 6.92 Å². The SMILES string of the molecule is CC(=O)N(C)[C@H](C)C(=O)O. The van der Waals surface area contributed by atoms with Crippen molar-refractivity contribution in [3.8, 4) is 0 Å². The molecule has 10 heavy (non-hydrogen) atoms. The van der Waals surface area contributed by atoms with Gasteiger partial charge in [-0.25, -0.2) is 4.79 Å². The number of carboxylic acids is 1. The molecule has 0 aromatic rings. The van der Waals surface area contributed by atoms with Gasteiger partial charge in [0.05, 0.1) is 0 Å². The standard InChI is InChI=1S/C6H11NO3/c1-4(6(9)10)7(3)5(2)8/h4H,1-3H3,(H,9,10)/t4-/m1/s1. The van der Waals surface area contributed by atoms with E-state index in [0.717, 1.165) is 0 Å². The minimum absolute atomic E-state index is 0.241. The molecule has 4 heteroatoms. The van der Waals surface area contributed by atoms with Gasteiger partial charge in [-0.2, -0.15) is 0 Å². The molecule has 0 unspecified atom stereocenters. The molecule has 0 aliphatic heterocycles. The number of carbonyl (C=O) groups excluding carboxylic acids is 1. The van der Waals surface area contributed by atoms with Crippen molar-refractivity contribution in [3.05, 3.63) is 0 Å². The Morgan fingerprint density at radius 2 is 1.90 bits per heavy atom. The van der Waals surface area contributed by atoms with Crippen LogP contribution in [0.4, 0.5) is 0 Å². The fourth-order valence-corrected chi connectivity index (χ4v) is 0.438. The molecule has 0 saturated heterocycles. The Hall–Kier alpha value is -1.06. The topological polar surface area (TPSA) is 57.6 Å². The first kappa shape index (κ1) is 8.94. The van der Waals surface area contributed by atoms with Gasteiger partial charge in [0.15, 0.2) is 0 Å². The van der Waals surface area contributed by atoms with Crippen molar-refractivity contribution in [3.63, 3.8) is 0 Å². The highest BCUT2D eigenvalue weighted by molar-refractivity contribution is 5.81. The molecule has 0 heterocycles. The van der Waals surface area contributed by atoms with E-state index in [2.05, 4.69) is 0 Å². The molecule has 4 nitrogen and oxygen atoms in total. The monoisotopic (exact) mass is 145 g/mol. The first-order valence-electron chi connectivity index (χ1n) is 2.93. The van der Waals surface area contributed by atoms with Crippen LogP contribution in [-0.2, 0) is 9.59 Å². The maximum Gasteiger partial charge on any atom is 0.326 e. The minimum atomic E-state index is -0.988. The Balaban J connectivity index is 4.07. The van der Waals surface area contributed by atoms with Crippen LogP contribution in [0, 0.1) is 0 Å². The largest absolute Gasteiger partial charge is 0.480 e. The summed E-state index contributed by atoms with van der Waals surface area (Å²) < 4.78 is 0. The average molecular weight is 145 g/mol. The Bertz CT molecular complexity index is 137. The van der Waals surface area contributed by atoms with Crippen LogP contribution in [-0.4, -0.2) is 35.0 Å². The lowest BCUT2D eigenvalue weighted by Crippen LogP contribution is -2.38. The molecule has 0 spiro atoms. The number of carboxylic acid groups (broad SMARTS) is 1. The van der Waals surface area contributed by atoms with Crippen LogP contribution < -0.4 is 0 Å². The second-order valence-corrected chi connectivity index (χ2v) is 2.14. The summed E-state index contributed by atoms with van der Waals surface area (Å²) in [6.07, 6.45) is 0. The lowest BCUT2D eigenvalue weighted by molar-refractivity contribution is -0.147. The summed E-state index contributed by atoms with van der Waals surface area (Å²) in [4.78, 5) is 22.0. The number of likely N-dealkylation sites (N-methyl/N-ethyl adjacent to an activating group) is 1. The quantitative estimate of drug-likeness (QED) is 0.592. The summed E-state index contributed by atoms with van der Waals surface area (Å²) in [5, 5.41) is 8.41. The number of aliphatic carboxylic acids is 1. The van der Waals surface area contributed by atoms with Gasteiger partial charge in [-0.1, -0.05) is 0 Å². The molecular weight excluding hydrogens is 134 g/mol. The van der Waals surface area contributed by atoms with Crippen molar-refractivity contribution < 1.29 is 14.7 Å². The van der Waals surface area contributed by atoms with E-state index >= 15 is 0 Å². The Morgan fingerprint density at radius 1 is 1.50 bits per heavy atom. The van der Waals surface area contributed by atoms with E-state index in [1.165, 1.54) is 25.8 Å². The molecule has 0 bridgehead atoms. The molecule has 0 aromatic carbocycles. The number of amides is 1. The summed E-state index contributed by atoms with van der Waals surface area (Å²) in [5.41, 5.74) is 0. The van der Waals surface area contributed by atoms with Gasteiger partial charge >= 0.3 is 5.97 Å². The predicted molar refractivity (Wildman–Crippen MR) is 35.5 cm³/mol. The molecule has 0 saturated carbocycles. The lowest BCUT2D eigenvalue weighted by Gasteiger charge is -2.18. The molecule has 58 valence electrons. The molecule has 0 radical (unpaired) electrons. The number of hydrogen-bond acceptors (Lipinski definition) is 2. The normalized spacial score (nSPS) is 12.3. The van der Waals surface area contributed by atoms with Gasteiger partial charge < -0.3 is 10.0 Å². The summed E-state index contributed by atoms with van der Waals surface area (Å²) in [6, 6.07) is -0.738. The Kier molecular flexibility index (Phi) is 2.86. The van der Waals surface area contributed by atoms with E-state index in [0.29, 0.717) is 0 Å². The number of rotatable bonds is 2. The zero-order valence-corrected chi connectivity index (χ0v) is 6.29. The Morgan fingerprint density at radius 3 is 2.00 bits per heavy atom. The maximum absolute atomic E-state index is 10.6. The molecule has 0 fully saturated rings. The van der Waals surface area contributed by atoms with Crippen molar-refractivity contribution in [1.82, 2.24) is 4.90 Å². The smallest absolute Gasteiger partial charge is 0.326 e. The van der Waals surface area contributed by atoms with Crippen molar-refractivity contribution in [1.29, 1.82) is 0 Å². The highest BCUT2D eigenvalue weighted by atomic mass is 16.4. The second kappa shape index (κ2) is 3.20. The van der Waals surface area contributed by atoms with Crippen LogP contribution in [0.1, 0.15) is 13.8 Å². The maximum atomic E-state index is 10.6. The fourth-order valence-electron chi connectivity index (χ4n) is 0.438. The van der Waals surface area contributed by atoms with Gasteiger partial charge in [0.1, 0.15) is 6.04 Å². The van der Waals surface area contributed by atoms with Crippen LogP contribution in [0.2, 0.25) is 0 Å². The number of hydrogen-bond donors (Lipinski definition) is 1. The summed E-state index contributed by atoms with van der Waals surface area (Å²) >= 11 is 0. The van der Waals surface area contributed by atoms with Crippen LogP contribution in [0.3, 0.4) is 0 Å². The molecule has 0 aromatic heterocycles. The fraction of sp³-hybridized carbons (Fsp3) is 0.667. The van der Waals surface area contributed by atoms with E-state index < -0.39 is 12.0 Å². The van der Waals surface area contributed by atoms with Gasteiger partial charge in [-0.3, -0.25) is 4.79 Å². The zero-order chi connectivity index (χ0) is 8.31. The molecule has 0 rings (SSSR count). The van der Waals surface area contributed by atoms with Crippen molar-refractivity contribution >= 4 is 11.9 Å². The molecule has 0 aliphatic rings. The molecule has 1 amide bonds. The van der Waals surface area contributed by atoms with E-state index in [-0.39, 0.29) is 5.91 Å². The molecule has 1 N–H and O–H groups in total. The van der Waals surface area contributed by atoms with Gasteiger partial charge in [0, 0.05) is 14.0 Å². The predicted octanol–water partition coefficient (Wildman–Crippen LogP) is -0.0622. The van der Waals surface area contributed by atoms with E-state index in [1.807, 2.05) is 0 Å². The van der Waals surface area contributed by atoms with Crippen LogP contribution >= 0.6 is 0 Å². The lowest BCUT2D eigenvalue weighted by atomic mass is 10.3. The number of carbonyl (C=O) groups is 2. The highest BCUT2D eigenvalue weighted by Gasteiger charge is 2.17. The van der Waals surface area contributed by atoms with E-state index in [1.54, 1.807) is 0 Å². The second-order valence-electron chi connectivity index (χ2n) is 2.14. The van der Waals surface area contributed by atoms with Crippen molar-refractivity contribution in [2.45, 2.75) is 19.9 Å². The summed E-state index contributed by atoms with van der Waals surface area (Å²) in [6.45, 7) is 2.79. The zero-order valence-electron chi connectivity index (χ0n) is 6.29. The van der Waals surface area contributed by atoms with Crippen LogP contribution in [0.25, 0.3) is 0 Å². The number of nitrogens with zero attached hydrogens (tertiary/aromatic N) is 1. The third-order valence-corrected chi connectivity index (χ3v) is 1.44. The van der Waals surface area contributed by atoms with Gasteiger partial charge in [-0.15, -0.1) is 0 Å². The van der Waals surface area contributed by atoms with E-state index in [4.69, 9.17) is 5.11 Å². The molecule has 1 atom stereocenters. The minimum Gasteiger partial charge on any atom is -0.480 e. The van der Waals surface area contributed by atoms with Crippen molar-refractivity contribution in [2.75, 3.05) is 7.05 Å². The molecule has 0 aliphatic carbocycles. The first-order chi connectivity index (χ1) is 4.46. The summed E-state index contributed by atoms with van der Waals surface area (Å²) in [7, 11) is 1.46. The third kappa shape index (κ3) is 2.05. The molecular formula is C6H11NO3. The highest BCUT2D eigenvalue weighted by Crippen LogP contribution is 1.94. The summed E-state index contributed by atoms with van der Waals surface area (Å²) in [5.74, 6) is -1.23. The average Bonchev–Trinajstić information content (AvgIpc) is 1.84. The Labute approximate surface area is 59.4 Å². The van der Waals surface area contributed by atoms with Crippen LogP contribution in [0.5, 0.6) is 0 Å². The van der Waals surface area contributed by atoms with E-state index in [9.17, 15) is 9.59 Å². The van der Waals surface area contributed by atoms with Crippen molar-refractivity contribution in [2.24, 2.45) is 0 Å². The van der Waals surface area contributed by atoms with Crippen LogP contribution in [0.15, 0.2) is 0 Å².